The fraction of sp³-hybridized carbons (Fsp3) is 0.647. The van der Waals surface area contributed by atoms with Gasteiger partial charge in [0, 0.05) is 49.5 Å². The SMILES string of the molecule is CNCc1ccc(Cl)cc1N1CCN(C2CCCC2)CC1. The molecule has 0 radical (unpaired) electrons. The minimum absolute atomic E-state index is 0.836. The van der Waals surface area contributed by atoms with Crippen LogP contribution in [0.2, 0.25) is 5.02 Å². The Morgan fingerprint density at radius 1 is 1.14 bits per heavy atom. The molecule has 1 aliphatic heterocycles. The van der Waals surface area contributed by atoms with Crippen LogP contribution in [0.25, 0.3) is 0 Å². The summed E-state index contributed by atoms with van der Waals surface area (Å²) in [5, 5.41) is 4.09. The van der Waals surface area contributed by atoms with Crippen molar-refractivity contribution in [2.75, 3.05) is 38.1 Å². The van der Waals surface area contributed by atoms with Crippen molar-refractivity contribution in [3.8, 4) is 0 Å². The first-order valence-electron chi connectivity index (χ1n) is 8.20. The van der Waals surface area contributed by atoms with Gasteiger partial charge in [-0.3, -0.25) is 4.90 Å². The summed E-state index contributed by atoms with van der Waals surface area (Å²) in [5.41, 5.74) is 2.65. The van der Waals surface area contributed by atoms with Gasteiger partial charge in [0.25, 0.3) is 0 Å². The Hall–Kier alpha value is -0.770. The number of nitrogens with one attached hydrogen (secondary N) is 1. The Bertz CT molecular complexity index is 463. The third kappa shape index (κ3) is 3.53. The predicted octanol–water partition coefficient (Wildman–Crippen LogP) is 3.12. The largest absolute Gasteiger partial charge is 0.369 e. The molecular weight excluding hydrogens is 282 g/mol. The molecule has 1 heterocycles. The van der Waals surface area contributed by atoms with Gasteiger partial charge in [0.15, 0.2) is 0 Å². The number of piperazine rings is 1. The number of anilines is 1. The summed E-state index contributed by atoms with van der Waals surface area (Å²) in [6.45, 7) is 5.52. The normalized spacial score (nSPS) is 21.1. The molecule has 0 amide bonds. The van der Waals surface area contributed by atoms with Crippen LogP contribution in [0.3, 0.4) is 0 Å². The van der Waals surface area contributed by atoms with E-state index in [0.29, 0.717) is 0 Å². The summed E-state index contributed by atoms with van der Waals surface area (Å²) in [5.74, 6) is 0. The van der Waals surface area contributed by atoms with Crippen LogP contribution in [-0.2, 0) is 6.54 Å². The average molecular weight is 308 g/mol. The number of nitrogens with zero attached hydrogens (tertiary/aromatic N) is 2. The highest BCUT2D eigenvalue weighted by atomic mass is 35.5. The van der Waals surface area contributed by atoms with Gasteiger partial charge in [-0.2, -0.15) is 0 Å². The third-order valence-electron chi connectivity index (χ3n) is 4.91. The number of halogens is 1. The first-order valence-corrected chi connectivity index (χ1v) is 8.58. The second-order valence-corrected chi connectivity index (χ2v) is 6.70. The summed E-state index contributed by atoms with van der Waals surface area (Å²) in [6.07, 6.45) is 5.65. The van der Waals surface area contributed by atoms with Crippen LogP contribution in [0.4, 0.5) is 5.69 Å². The van der Waals surface area contributed by atoms with Crippen molar-refractivity contribution in [2.24, 2.45) is 0 Å². The molecule has 1 aromatic rings. The topological polar surface area (TPSA) is 18.5 Å². The molecule has 3 rings (SSSR count). The van der Waals surface area contributed by atoms with Gasteiger partial charge in [0.05, 0.1) is 0 Å². The summed E-state index contributed by atoms with van der Waals surface area (Å²) >= 11 is 6.21. The number of benzene rings is 1. The highest BCUT2D eigenvalue weighted by Crippen LogP contribution is 2.28. The van der Waals surface area contributed by atoms with Crippen molar-refractivity contribution in [1.29, 1.82) is 0 Å². The lowest BCUT2D eigenvalue weighted by atomic mass is 10.1. The number of hydrogen-bond donors (Lipinski definition) is 1. The second-order valence-electron chi connectivity index (χ2n) is 6.26. The summed E-state index contributed by atoms with van der Waals surface area (Å²) in [7, 11) is 2.00. The maximum absolute atomic E-state index is 6.21. The van der Waals surface area contributed by atoms with Crippen LogP contribution >= 0.6 is 11.6 Å². The molecule has 1 N–H and O–H groups in total. The lowest BCUT2D eigenvalue weighted by Crippen LogP contribution is -2.50. The number of rotatable bonds is 4. The fourth-order valence-electron chi connectivity index (χ4n) is 3.77. The van der Waals surface area contributed by atoms with Gasteiger partial charge < -0.3 is 10.2 Å². The molecule has 0 aromatic heterocycles. The van der Waals surface area contributed by atoms with Gasteiger partial charge >= 0.3 is 0 Å². The van der Waals surface area contributed by atoms with Crippen LogP contribution in [0, 0.1) is 0 Å². The highest BCUT2D eigenvalue weighted by Gasteiger charge is 2.26. The fourth-order valence-corrected chi connectivity index (χ4v) is 3.94. The van der Waals surface area contributed by atoms with E-state index in [1.165, 1.54) is 50.0 Å². The zero-order valence-corrected chi connectivity index (χ0v) is 13.7. The molecule has 0 atom stereocenters. The molecule has 116 valence electrons. The smallest absolute Gasteiger partial charge is 0.0427 e. The maximum atomic E-state index is 6.21. The Morgan fingerprint density at radius 3 is 2.52 bits per heavy atom. The van der Waals surface area contributed by atoms with Gasteiger partial charge in [-0.05, 0) is 37.6 Å². The van der Waals surface area contributed by atoms with E-state index >= 15 is 0 Å². The Kier molecular flexibility index (Phi) is 5.04. The molecule has 1 saturated carbocycles. The summed E-state index contributed by atoms with van der Waals surface area (Å²) in [6, 6.07) is 7.12. The highest BCUT2D eigenvalue weighted by molar-refractivity contribution is 6.30. The molecule has 0 bridgehead atoms. The average Bonchev–Trinajstić information content (AvgIpc) is 3.04. The van der Waals surface area contributed by atoms with E-state index in [9.17, 15) is 0 Å². The van der Waals surface area contributed by atoms with Crippen LogP contribution in [0.1, 0.15) is 31.2 Å². The predicted molar refractivity (Wildman–Crippen MR) is 90.3 cm³/mol. The van der Waals surface area contributed by atoms with Crippen LogP contribution < -0.4 is 10.2 Å². The van der Waals surface area contributed by atoms with Crippen molar-refractivity contribution >= 4 is 17.3 Å². The Labute approximate surface area is 133 Å². The molecule has 4 heteroatoms. The summed E-state index contributed by atoms with van der Waals surface area (Å²) in [4.78, 5) is 5.20. The van der Waals surface area contributed by atoms with Crippen molar-refractivity contribution in [2.45, 2.75) is 38.3 Å². The molecule has 1 aromatic carbocycles. The first kappa shape index (κ1) is 15.1. The van der Waals surface area contributed by atoms with Gasteiger partial charge in [0.2, 0.25) is 0 Å². The molecule has 2 aliphatic rings. The van der Waals surface area contributed by atoms with Gasteiger partial charge in [-0.1, -0.05) is 30.5 Å². The molecule has 21 heavy (non-hydrogen) atoms. The summed E-state index contributed by atoms with van der Waals surface area (Å²) < 4.78 is 0. The van der Waals surface area contributed by atoms with E-state index in [0.717, 1.165) is 30.7 Å². The zero-order valence-electron chi connectivity index (χ0n) is 12.9. The van der Waals surface area contributed by atoms with Crippen molar-refractivity contribution in [1.82, 2.24) is 10.2 Å². The van der Waals surface area contributed by atoms with E-state index in [2.05, 4.69) is 27.2 Å². The standard InChI is InChI=1S/C17H26ClN3/c1-19-13-14-6-7-15(18)12-17(14)21-10-8-20(9-11-21)16-4-2-3-5-16/h6-7,12,16,19H,2-5,8-11,13H2,1H3. The van der Waals surface area contributed by atoms with Crippen LogP contribution in [0.15, 0.2) is 18.2 Å². The van der Waals surface area contributed by atoms with Crippen molar-refractivity contribution in [3.05, 3.63) is 28.8 Å². The molecule has 0 spiro atoms. The van der Waals surface area contributed by atoms with Crippen molar-refractivity contribution in [3.63, 3.8) is 0 Å². The van der Waals surface area contributed by atoms with Crippen LogP contribution in [0.5, 0.6) is 0 Å². The lowest BCUT2D eigenvalue weighted by molar-refractivity contribution is 0.187. The molecule has 3 nitrogen and oxygen atoms in total. The molecule has 1 aliphatic carbocycles. The van der Waals surface area contributed by atoms with Gasteiger partial charge in [-0.15, -0.1) is 0 Å². The quantitative estimate of drug-likeness (QED) is 0.922. The number of hydrogen-bond acceptors (Lipinski definition) is 3. The van der Waals surface area contributed by atoms with Gasteiger partial charge in [-0.25, -0.2) is 0 Å². The van der Waals surface area contributed by atoms with E-state index in [4.69, 9.17) is 11.6 Å². The maximum Gasteiger partial charge on any atom is 0.0427 e. The Morgan fingerprint density at radius 2 is 1.86 bits per heavy atom. The molecular formula is C17H26ClN3. The monoisotopic (exact) mass is 307 g/mol. The minimum Gasteiger partial charge on any atom is -0.369 e. The van der Waals surface area contributed by atoms with Crippen LogP contribution in [-0.4, -0.2) is 44.2 Å². The van der Waals surface area contributed by atoms with Crippen molar-refractivity contribution < 1.29 is 0 Å². The van der Waals surface area contributed by atoms with E-state index < -0.39 is 0 Å². The molecule has 1 saturated heterocycles. The Balaban J connectivity index is 1.67. The minimum atomic E-state index is 0.836. The van der Waals surface area contributed by atoms with E-state index in [1.807, 2.05) is 13.1 Å². The lowest BCUT2D eigenvalue weighted by Gasteiger charge is -2.39. The van der Waals surface area contributed by atoms with E-state index in [-0.39, 0.29) is 0 Å². The second kappa shape index (κ2) is 6.99. The van der Waals surface area contributed by atoms with E-state index in [1.54, 1.807) is 0 Å². The third-order valence-corrected chi connectivity index (χ3v) is 5.15. The molecule has 0 unspecified atom stereocenters. The molecule has 2 fully saturated rings. The first-order chi connectivity index (χ1) is 10.3. The van der Waals surface area contributed by atoms with Gasteiger partial charge in [0.1, 0.15) is 0 Å². The zero-order chi connectivity index (χ0) is 14.7.